The fraction of sp³-hybridized carbons (Fsp3) is 0.267. The number of fused-ring (bicyclic) bond motifs is 1. The predicted molar refractivity (Wildman–Crippen MR) is 83.1 cm³/mol. The number of aryl methyl sites for hydroxylation is 2. The van der Waals surface area contributed by atoms with Crippen LogP contribution < -0.4 is 0 Å². The van der Waals surface area contributed by atoms with Crippen molar-refractivity contribution in [1.29, 1.82) is 0 Å². The molecule has 7 heteroatoms. The quantitative estimate of drug-likeness (QED) is 0.737. The van der Waals surface area contributed by atoms with Crippen molar-refractivity contribution in [3.63, 3.8) is 0 Å². The van der Waals surface area contributed by atoms with Crippen LogP contribution in [0.5, 0.6) is 0 Å². The van der Waals surface area contributed by atoms with E-state index >= 15 is 0 Å². The van der Waals surface area contributed by atoms with Crippen molar-refractivity contribution in [3.05, 3.63) is 47.8 Å². The lowest BCUT2D eigenvalue weighted by molar-refractivity contribution is 0.579. The second-order valence-electron chi connectivity index (χ2n) is 4.94. The molecule has 0 radical (unpaired) electrons. The van der Waals surface area contributed by atoms with E-state index in [1.807, 2.05) is 19.1 Å². The third kappa shape index (κ3) is 2.27. The second-order valence-corrected chi connectivity index (χ2v) is 6.70. The van der Waals surface area contributed by atoms with Gasteiger partial charge in [0.15, 0.2) is 0 Å². The molecular weight excluding hydrogens is 300 g/mol. The van der Waals surface area contributed by atoms with Crippen molar-refractivity contribution < 1.29 is 8.42 Å². The number of hydrogen-bond donors (Lipinski definition) is 0. The Balaban J connectivity index is 2.24. The minimum absolute atomic E-state index is 0.145. The molecule has 3 aromatic rings. The fourth-order valence-electron chi connectivity index (χ4n) is 2.48. The van der Waals surface area contributed by atoms with Crippen molar-refractivity contribution >= 4 is 21.1 Å². The van der Waals surface area contributed by atoms with Crippen LogP contribution in [0.3, 0.4) is 0 Å². The monoisotopic (exact) mass is 316 g/mol. The first-order chi connectivity index (χ1) is 10.6. The number of pyridine rings is 1. The van der Waals surface area contributed by atoms with E-state index in [2.05, 4.69) is 22.2 Å². The first-order valence-electron chi connectivity index (χ1n) is 7.10. The highest BCUT2D eigenvalue weighted by molar-refractivity contribution is 7.90. The Bertz CT molecular complexity index is 917. The molecule has 0 aliphatic carbocycles. The van der Waals surface area contributed by atoms with Crippen LogP contribution in [0.25, 0.3) is 11.0 Å². The molecule has 0 bridgehead atoms. The van der Waals surface area contributed by atoms with E-state index in [0.717, 1.165) is 22.5 Å². The van der Waals surface area contributed by atoms with Gasteiger partial charge in [-0.05, 0) is 48.2 Å². The van der Waals surface area contributed by atoms with E-state index in [1.54, 1.807) is 0 Å². The SMILES string of the molecule is CCc1cc2nnn(S(=O)(=O)c3ccncc3)c2cc1CC. The van der Waals surface area contributed by atoms with Gasteiger partial charge < -0.3 is 0 Å². The molecule has 0 unspecified atom stereocenters. The normalized spacial score (nSPS) is 11.9. The molecule has 0 saturated carbocycles. The Morgan fingerprint density at radius 1 is 1.05 bits per heavy atom. The van der Waals surface area contributed by atoms with Crippen LogP contribution in [-0.2, 0) is 22.9 Å². The molecule has 2 aromatic heterocycles. The largest absolute Gasteiger partial charge is 0.285 e. The zero-order valence-electron chi connectivity index (χ0n) is 12.4. The number of rotatable bonds is 4. The topological polar surface area (TPSA) is 77.7 Å². The van der Waals surface area contributed by atoms with Gasteiger partial charge in [-0.3, -0.25) is 4.98 Å². The summed E-state index contributed by atoms with van der Waals surface area (Å²) in [4.78, 5) is 3.99. The van der Waals surface area contributed by atoms with Crippen LogP contribution in [-0.4, -0.2) is 27.8 Å². The van der Waals surface area contributed by atoms with Crippen molar-refractivity contribution in [1.82, 2.24) is 19.4 Å². The van der Waals surface area contributed by atoms with Gasteiger partial charge >= 0.3 is 0 Å². The Morgan fingerprint density at radius 2 is 1.68 bits per heavy atom. The molecule has 0 N–H and O–H groups in total. The molecule has 0 fully saturated rings. The van der Waals surface area contributed by atoms with E-state index in [4.69, 9.17) is 0 Å². The van der Waals surface area contributed by atoms with Crippen molar-refractivity contribution in [2.75, 3.05) is 0 Å². The molecule has 22 heavy (non-hydrogen) atoms. The lowest BCUT2D eigenvalue weighted by Crippen LogP contribution is -2.14. The molecule has 0 aliphatic rings. The van der Waals surface area contributed by atoms with Crippen LogP contribution in [0.4, 0.5) is 0 Å². The summed E-state index contributed by atoms with van der Waals surface area (Å²) in [6, 6.07) is 6.68. The summed E-state index contributed by atoms with van der Waals surface area (Å²) in [5.74, 6) is 0. The Morgan fingerprint density at radius 3 is 2.32 bits per heavy atom. The lowest BCUT2D eigenvalue weighted by atomic mass is 10.0. The van der Waals surface area contributed by atoms with Gasteiger partial charge in [-0.2, -0.15) is 8.42 Å². The summed E-state index contributed by atoms with van der Waals surface area (Å²) in [6.45, 7) is 4.12. The summed E-state index contributed by atoms with van der Waals surface area (Å²) >= 11 is 0. The first kappa shape index (κ1) is 14.6. The van der Waals surface area contributed by atoms with E-state index in [1.165, 1.54) is 30.1 Å². The second kappa shape index (κ2) is 5.49. The fourth-order valence-corrected chi connectivity index (χ4v) is 3.68. The molecule has 0 spiro atoms. The van der Waals surface area contributed by atoms with Gasteiger partial charge in [0.05, 0.1) is 4.90 Å². The lowest BCUT2D eigenvalue weighted by Gasteiger charge is -2.07. The van der Waals surface area contributed by atoms with Gasteiger partial charge in [0.1, 0.15) is 11.0 Å². The van der Waals surface area contributed by atoms with Gasteiger partial charge in [0.2, 0.25) is 0 Å². The molecule has 3 rings (SSSR count). The van der Waals surface area contributed by atoms with Gasteiger partial charge in [0, 0.05) is 12.4 Å². The summed E-state index contributed by atoms with van der Waals surface area (Å²) in [7, 11) is -3.76. The zero-order valence-corrected chi connectivity index (χ0v) is 13.2. The third-order valence-corrected chi connectivity index (χ3v) is 5.27. The highest BCUT2D eigenvalue weighted by Crippen LogP contribution is 2.22. The number of aromatic nitrogens is 4. The van der Waals surface area contributed by atoms with E-state index < -0.39 is 10.0 Å². The van der Waals surface area contributed by atoms with Crippen LogP contribution in [0.15, 0.2) is 41.6 Å². The summed E-state index contributed by atoms with van der Waals surface area (Å²) in [6.07, 6.45) is 4.60. The van der Waals surface area contributed by atoms with Crippen LogP contribution in [0.2, 0.25) is 0 Å². The molecule has 114 valence electrons. The Hall–Kier alpha value is -2.28. The van der Waals surface area contributed by atoms with E-state index in [9.17, 15) is 8.42 Å². The number of benzene rings is 1. The zero-order chi connectivity index (χ0) is 15.7. The van der Waals surface area contributed by atoms with Crippen molar-refractivity contribution in [2.45, 2.75) is 31.6 Å². The minimum atomic E-state index is -3.76. The standard InChI is InChI=1S/C15H16N4O2S/c1-3-11-9-14-15(10-12(11)4-2)19(18-17-14)22(20,21)13-5-7-16-8-6-13/h5-10H,3-4H2,1-2H3. The summed E-state index contributed by atoms with van der Waals surface area (Å²) < 4.78 is 26.4. The maximum Gasteiger partial charge on any atom is 0.285 e. The Kier molecular flexibility index (Phi) is 3.66. The van der Waals surface area contributed by atoms with E-state index in [-0.39, 0.29) is 4.90 Å². The predicted octanol–water partition coefficient (Wildman–Crippen LogP) is 2.19. The van der Waals surface area contributed by atoms with Crippen LogP contribution in [0, 0.1) is 0 Å². The molecule has 6 nitrogen and oxygen atoms in total. The minimum Gasteiger partial charge on any atom is -0.265 e. The molecule has 1 aromatic carbocycles. The first-order valence-corrected chi connectivity index (χ1v) is 8.54. The third-order valence-electron chi connectivity index (χ3n) is 3.67. The smallest absolute Gasteiger partial charge is 0.265 e. The highest BCUT2D eigenvalue weighted by Gasteiger charge is 2.21. The number of hydrogen-bond acceptors (Lipinski definition) is 5. The van der Waals surface area contributed by atoms with Gasteiger partial charge in [-0.15, -0.1) is 9.19 Å². The van der Waals surface area contributed by atoms with Gasteiger partial charge in [0.25, 0.3) is 10.0 Å². The average molecular weight is 316 g/mol. The van der Waals surface area contributed by atoms with E-state index in [0.29, 0.717) is 11.0 Å². The Labute approximate surface area is 128 Å². The van der Waals surface area contributed by atoms with Gasteiger partial charge in [-0.1, -0.05) is 19.1 Å². The molecule has 0 amide bonds. The maximum atomic E-state index is 12.7. The average Bonchev–Trinajstić information content (AvgIpc) is 2.97. The van der Waals surface area contributed by atoms with Gasteiger partial charge in [-0.25, -0.2) is 0 Å². The molecule has 0 saturated heterocycles. The molecule has 0 atom stereocenters. The molecule has 0 aliphatic heterocycles. The number of nitrogens with zero attached hydrogens (tertiary/aromatic N) is 4. The van der Waals surface area contributed by atoms with Crippen LogP contribution >= 0.6 is 0 Å². The van der Waals surface area contributed by atoms with Crippen molar-refractivity contribution in [3.8, 4) is 0 Å². The maximum absolute atomic E-state index is 12.7. The molecular formula is C15H16N4O2S. The van der Waals surface area contributed by atoms with Crippen LogP contribution in [0.1, 0.15) is 25.0 Å². The molecule has 2 heterocycles. The van der Waals surface area contributed by atoms with Crippen molar-refractivity contribution in [2.24, 2.45) is 0 Å². The summed E-state index contributed by atoms with van der Waals surface area (Å²) in [5.41, 5.74) is 3.38. The summed E-state index contributed by atoms with van der Waals surface area (Å²) in [5, 5.41) is 7.87. The highest BCUT2D eigenvalue weighted by atomic mass is 32.2.